The summed E-state index contributed by atoms with van der Waals surface area (Å²) in [5.74, 6) is -0.207. The van der Waals surface area contributed by atoms with Crippen LogP contribution in [0.1, 0.15) is 0 Å². The number of aliphatic imine (C=N–C) groups is 1. The van der Waals surface area contributed by atoms with Gasteiger partial charge in [-0.2, -0.15) is 0 Å². The second kappa shape index (κ2) is 4.09. The first-order chi connectivity index (χ1) is 6.13. The van der Waals surface area contributed by atoms with Gasteiger partial charge in [0, 0.05) is 12.7 Å². The van der Waals surface area contributed by atoms with E-state index in [2.05, 4.69) is 10.3 Å². The molecule has 0 saturated heterocycles. The molecule has 0 heterocycles. The van der Waals surface area contributed by atoms with E-state index in [4.69, 9.17) is 17.3 Å². The van der Waals surface area contributed by atoms with Crippen LogP contribution in [0.2, 0.25) is 5.02 Å². The van der Waals surface area contributed by atoms with Crippen molar-refractivity contribution in [1.29, 1.82) is 0 Å². The number of hydrogen-bond donors (Lipinski definition) is 2. The van der Waals surface area contributed by atoms with Gasteiger partial charge in [0.05, 0.1) is 5.02 Å². The first-order valence-electron chi connectivity index (χ1n) is 3.58. The van der Waals surface area contributed by atoms with E-state index in [1.807, 2.05) is 0 Å². The molecule has 0 fully saturated rings. The third-order valence-electron chi connectivity index (χ3n) is 1.43. The van der Waals surface area contributed by atoms with Crippen LogP contribution < -0.4 is 11.1 Å². The molecule has 3 N–H and O–H groups in total. The van der Waals surface area contributed by atoms with Crippen molar-refractivity contribution in [3.8, 4) is 0 Å². The minimum Gasteiger partial charge on any atom is -0.370 e. The monoisotopic (exact) mass is 201 g/mol. The summed E-state index contributed by atoms with van der Waals surface area (Å²) >= 11 is 5.54. The van der Waals surface area contributed by atoms with Crippen LogP contribution in [0.4, 0.5) is 10.1 Å². The van der Waals surface area contributed by atoms with Crippen molar-refractivity contribution in [3.63, 3.8) is 0 Å². The second-order valence-electron chi connectivity index (χ2n) is 2.36. The van der Waals surface area contributed by atoms with Gasteiger partial charge in [0.15, 0.2) is 5.96 Å². The SMILES string of the molecule is CN=C(N)Nc1ccc(F)c(Cl)c1. The molecule has 70 valence electrons. The quantitative estimate of drug-likeness (QED) is 0.538. The fraction of sp³-hybridized carbons (Fsp3) is 0.125. The van der Waals surface area contributed by atoms with Gasteiger partial charge in [-0.05, 0) is 18.2 Å². The van der Waals surface area contributed by atoms with E-state index in [9.17, 15) is 4.39 Å². The van der Waals surface area contributed by atoms with Gasteiger partial charge in [0.1, 0.15) is 5.82 Å². The van der Waals surface area contributed by atoms with Gasteiger partial charge < -0.3 is 11.1 Å². The molecule has 0 aromatic heterocycles. The fourth-order valence-corrected chi connectivity index (χ4v) is 0.958. The van der Waals surface area contributed by atoms with E-state index >= 15 is 0 Å². The van der Waals surface area contributed by atoms with Crippen molar-refractivity contribution in [2.24, 2.45) is 10.7 Å². The number of halogens is 2. The van der Waals surface area contributed by atoms with E-state index in [1.54, 1.807) is 7.05 Å². The van der Waals surface area contributed by atoms with Crippen molar-refractivity contribution >= 4 is 23.2 Å². The lowest BCUT2D eigenvalue weighted by Gasteiger charge is -2.04. The summed E-state index contributed by atoms with van der Waals surface area (Å²) in [4.78, 5) is 3.68. The molecule has 5 heteroatoms. The minimum absolute atomic E-state index is 0.0499. The number of hydrogen-bond acceptors (Lipinski definition) is 1. The maximum absolute atomic E-state index is 12.7. The summed E-state index contributed by atoms with van der Waals surface area (Å²) in [7, 11) is 1.55. The Morgan fingerprint density at radius 2 is 2.31 bits per heavy atom. The van der Waals surface area contributed by atoms with Crippen LogP contribution in [-0.2, 0) is 0 Å². The zero-order valence-corrected chi connectivity index (χ0v) is 7.77. The molecule has 1 aromatic carbocycles. The number of nitrogens with zero attached hydrogens (tertiary/aromatic N) is 1. The van der Waals surface area contributed by atoms with Gasteiger partial charge in [0.2, 0.25) is 0 Å². The van der Waals surface area contributed by atoms with Crippen LogP contribution in [-0.4, -0.2) is 13.0 Å². The molecule has 3 nitrogen and oxygen atoms in total. The lowest BCUT2D eigenvalue weighted by Crippen LogP contribution is -2.21. The van der Waals surface area contributed by atoms with Crippen molar-refractivity contribution in [2.75, 3.05) is 12.4 Å². The Hall–Kier alpha value is -1.29. The highest BCUT2D eigenvalue weighted by atomic mass is 35.5. The summed E-state index contributed by atoms with van der Waals surface area (Å²) in [6, 6.07) is 4.22. The van der Waals surface area contributed by atoms with Crippen LogP contribution in [0.5, 0.6) is 0 Å². The average molecular weight is 202 g/mol. The molecule has 0 saturated carbocycles. The van der Waals surface area contributed by atoms with E-state index < -0.39 is 5.82 Å². The van der Waals surface area contributed by atoms with Crippen LogP contribution in [0, 0.1) is 5.82 Å². The van der Waals surface area contributed by atoms with Gasteiger partial charge >= 0.3 is 0 Å². The molecule has 0 atom stereocenters. The summed E-state index contributed by atoms with van der Waals surface area (Å²) in [6.45, 7) is 0. The van der Waals surface area contributed by atoms with E-state index in [-0.39, 0.29) is 11.0 Å². The molecule has 0 spiro atoms. The first kappa shape index (κ1) is 9.80. The smallest absolute Gasteiger partial charge is 0.192 e. The van der Waals surface area contributed by atoms with Crippen LogP contribution in [0.3, 0.4) is 0 Å². The maximum Gasteiger partial charge on any atom is 0.192 e. The molecule has 0 aliphatic rings. The van der Waals surface area contributed by atoms with E-state index in [0.717, 1.165) is 0 Å². The Bertz CT molecular complexity index is 338. The predicted octanol–water partition coefficient (Wildman–Crippen LogP) is 1.84. The summed E-state index contributed by atoms with van der Waals surface area (Å²) < 4.78 is 12.7. The Morgan fingerprint density at radius 3 is 2.85 bits per heavy atom. The molecule has 1 rings (SSSR count). The number of nitrogens with one attached hydrogen (secondary N) is 1. The number of anilines is 1. The molecular weight excluding hydrogens is 193 g/mol. The minimum atomic E-state index is -0.459. The number of guanidine groups is 1. The van der Waals surface area contributed by atoms with Crippen molar-refractivity contribution in [3.05, 3.63) is 29.0 Å². The second-order valence-corrected chi connectivity index (χ2v) is 2.77. The lowest BCUT2D eigenvalue weighted by molar-refractivity contribution is 0.628. The van der Waals surface area contributed by atoms with Crippen molar-refractivity contribution < 1.29 is 4.39 Å². The first-order valence-corrected chi connectivity index (χ1v) is 3.95. The lowest BCUT2D eigenvalue weighted by atomic mass is 10.3. The van der Waals surface area contributed by atoms with Gasteiger partial charge in [0.25, 0.3) is 0 Å². The maximum atomic E-state index is 12.7. The summed E-state index contributed by atoms with van der Waals surface area (Å²) in [5.41, 5.74) is 6.00. The molecule has 0 radical (unpaired) electrons. The zero-order chi connectivity index (χ0) is 9.84. The van der Waals surface area contributed by atoms with E-state index in [0.29, 0.717) is 5.69 Å². The predicted molar refractivity (Wildman–Crippen MR) is 52.6 cm³/mol. The van der Waals surface area contributed by atoms with Gasteiger partial charge in [-0.3, -0.25) is 4.99 Å². The molecule has 0 aliphatic carbocycles. The topological polar surface area (TPSA) is 50.4 Å². The van der Waals surface area contributed by atoms with E-state index in [1.165, 1.54) is 18.2 Å². The zero-order valence-electron chi connectivity index (χ0n) is 7.01. The largest absolute Gasteiger partial charge is 0.370 e. The Morgan fingerprint density at radius 1 is 1.62 bits per heavy atom. The third-order valence-corrected chi connectivity index (χ3v) is 1.72. The standard InChI is InChI=1S/C8H9ClFN3/c1-12-8(11)13-5-2-3-7(10)6(9)4-5/h2-4H,1H3,(H3,11,12,13). The molecule has 0 unspecified atom stereocenters. The van der Waals surface area contributed by atoms with Crippen LogP contribution >= 0.6 is 11.6 Å². The Balaban J connectivity index is 2.86. The molecule has 0 amide bonds. The highest BCUT2D eigenvalue weighted by Crippen LogP contribution is 2.18. The molecular formula is C8H9ClFN3. The highest BCUT2D eigenvalue weighted by molar-refractivity contribution is 6.31. The number of nitrogens with two attached hydrogens (primary N) is 1. The fourth-order valence-electron chi connectivity index (χ4n) is 0.778. The number of rotatable bonds is 1. The average Bonchev–Trinajstić information content (AvgIpc) is 2.11. The molecule has 0 aliphatic heterocycles. The van der Waals surface area contributed by atoms with Gasteiger partial charge in [-0.25, -0.2) is 4.39 Å². The van der Waals surface area contributed by atoms with Crippen LogP contribution in [0.15, 0.2) is 23.2 Å². The summed E-state index contributed by atoms with van der Waals surface area (Å²) in [5, 5.41) is 2.79. The third kappa shape index (κ3) is 2.59. The molecule has 13 heavy (non-hydrogen) atoms. The van der Waals surface area contributed by atoms with Gasteiger partial charge in [-0.1, -0.05) is 11.6 Å². The highest BCUT2D eigenvalue weighted by Gasteiger charge is 2.00. The number of benzene rings is 1. The molecule has 1 aromatic rings. The molecule has 0 bridgehead atoms. The van der Waals surface area contributed by atoms with Gasteiger partial charge in [-0.15, -0.1) is 0 Å². The Labute approximate surface area is 80.4 Å². The van der Waals surface area contributed by atoms with Crippen LogP contribution in [0.25, 0.3) is 0 Å². The normalized spacial score (nSPS) is 11.5. The van der Waals surface area contributed by atoms with Crippen molar-refractivity contribution in [2.45, 2.75) is 0 Å². The Kier molecular flexibility index (Phi) is 3.08. The summed E-state index contributed by atoms with van der Waals surface area (Å²) in [6.07, 6.45) is 0. The van der Waals surface area contributed by atoms with Crippen molar-refractivity contribution in [1.82, 2.24) is 0 Å².